The lowest BCUT2D eigenvalue weighted by Gasteiger charge is -2.32. The van der Waals surface area contributed by atoms with Gasteiger partial charge in [-0.2, -0.15) is 0 Å². The predicted octanol–water partition coefficient (Wildman–Crippen LogP) is 2.89. The van der Waals surface area contributed by atoms with E-state index in [1.165, 1.54) is 64.8 Å². The third-order valence-electron chi connectivity index (χ3n) is 3.72. The zero-order valence-electron chi connectivity index (χ0n) is 11.5. The van der Waals surface area contributed by atoms with Crippen LogP contribution in [-0.2, 0) is 0 Å². The van der Waals surface area contributed by atoms with E-state index < -0.39 is 0 Å². The molecule has 1 atom stereocenters. The Kier molecular flexibility index (Phi) is 6.37. The van der Waals surface area contributed by atoms with Gasteiger partial charge in [0.1, 0.15) is 0 Å². The highest BCUT2D eigenvalue weighted by Crippen LogP contribution is 2.25. The fourth-order valence-electron chi connectivity index (χ4n) is 2.58. The molecule has 2 nitrogen and oxygen atoms in total. The maximum Gasteiger partial charge on any atom is 0.00480 e. The van der Waals surface area contributed by atoms with Gasteiger partial charge in [-0.15, -0.1) is 0 Å². The number of rotatable bonds is 8. The lowest BCUT2D eigenvalue weighted by Crippen LogP contribution is -2.38. The third-order valence-corrected chi connectivity index (χ3v) is 3.72. The van der Waals surface area contributed by atoms with Crippen LogP contribution in [0.3, 0.4) is 0 Å². The van der Waals surface area contributed by atoms with Crippen LogP contribution in [0.25, 0.3) is 0 Å². The van der Waals surface area contributed by atoms with E-state index in [0.717, 1.165) is 0 Å². The molecule has 0 amide bonds. The van der Waals surface area contributed by atoms with Gasteiger partial charge in [-0.05, 0) is 44.3 Å². The Balaban J connectivity index is 2.34. The minimum absolute atomic E-state index is 0.529. The quantitative estimate of drug-likeness (QED) is 0.684. The summed E-state index contributed by atoms with van der Waals surface area (Å²) in [5.41, 5.74) is 0.529. The first-order valence-corrected chi connectivity index (χ1v) is 7.13. The Hall–Kier alpha value is -0.0800. The summed E-state index contributed by atoms with van der Waals surface area (Å²) in [4.78, 5) is 2.69. The molecule has 2 heteroatoms. The van der Waals surface area contributed by atoms with Crippen molar-refractivity contribution in [3.63, 3.8) is 0 Å². The number of hydrogen-bond acceptors (Lipinski definition) is 2. The molecule has 0 spiro atoms. The topological polar surface area (TPSA) is 15.3 Å². The second-order valence-corrected chi connectivity index (χ2v) is 5.72. The summed E-state index contributed by atoms with van der Waals surface area (Å²) in [5, 5.41) is 3.50. The van der Waals surface area contributed by atoms with Crippen LogP contribution in [0, 0.1) is 5.41 Å². The molecule has 1 heterocycles. The van der Waals surface area contributed by atoms with E-state index in [1.807, 2.05) is 0 Å². The van der Waals surface area contributed by atoms with Crippen LogP contribution in [0.4, 0.5) is 0 Å². The number of hydrogen-bond donors (Lipinski definition) is 1. The van der Waals surface area contributed by atoms with Gasteiger partial charge in [-0.1, -0.05) is 33.6 Å². The van der Waals surface area contributed by atoms with Crippen LogP contribution >= 0.6 is 0 Å². The van der Waals surface area contributed by atoms with Crippen LogP contribution in [0.1, 0.15) is 52.9 Å². The molecule has 1 rings (SSSR count). The van der Waals surface area contributed by atoms with Crippen molar-refractivity contribution in [3.05, 3.63) is 0 Å². The summed E-state index contributed by atoms with van der Waals surface area (Å²) in [7, 11) is 0. The van der Waals surface area contributed by atoms with Crippen molar-refractivity contribution in [1.29, 1.82) is 0 Å². The van der Waals surface area contributed by atoms with Gasteiger partial charge in [-0.3, -0.25) is 0 Å². The van der Waals surface area contributed by atoms with Gasteiger partial charge in [0.05, 0.1) is 0 Å². The lowest BCUT2D eigenvalue weighted by molar-refractivity contribution is 0.173. The highest BCUT2D eigenvalue weighted by atomic mass is 15.1. The molecule has 1 fully saturated rings. The molecule has 1 N–H and O–H groups in total. The smallest absolute Gasteiger partial charge is 0.00480 e. The van der Waals surface area contributed by atoms with Crippen molar-refractivity contribution in [1.82, 2.24) is 10.2 Å². The molecular weight excluding hydrogens is 196 g/mol. The minimum Gasteiger partial charge on any atom is -0.316 e. The summed E-state index contributed by atoms with van der Waals surface area (Å²) in [5.74, 6) is 0. The molecular formula is C14H30N2. The Morgan fingerprint density at radius 1 is 1.12 bits per heavy atom. The summed E-state index contributed by atoms with van der Waals surface area (Å²) < 4.78 is 0. The molecule has 1 unspecified atom stereocenters. The zero-order valence-corrected chi connectivity index (χ0v) is 11.5. The average Bonchev–Trinajstić information content (AvgIpc) is 2.69. The molecule has 96 valence electrons. The maximum absolute atomic E-state index is 3.50. The molecule has 0 aromatic carbocycles. The van der Waals surface area contributed by atoms with Crippen molar-refractivity contribution in [2.75, 3.05) is 32.7 Å². The molecule has 1 saturated heterocycles. The number of nitrogens with zero attached hydrogens (tertiary/aromatic N) is 1. The predicted molar refractivity (Wildman–Crippen MR) is 71.8 cm³/mol. The Labute approximate surface area is 102 Å². The highest BCUT2D eigenvalue weighted by Gasteiger charge is 2.30. The highest BCUT2D eigenvalue weighted by molar-refractivity contribution is 4.86. The molecule has 0 saturated carbocycles. The Morgan fingerprint density at radius 3 is 2.19 bits per heavy atom. The summed E-state index contributed by atoms with van der Waals surface area (Å²) in [6.07, 6.45) is 6.69. The second-order valence-electron chi connectivity index (χ2n) is 5.72. The van der Waals surface area contributed by atoms with E-state index in [-0.39, 0.29) is 0 Å². The standard InChI is InChI=1S/C14H30N2/c1-4-6-10-16(11-7-5-2)13-14(3)8-9-15-12-14/h15H,4-13H2,1-3H3. The van der Waals surface area contributed by atoms with Gasteiger partial charge in [0.2, 0.25) is 0 Å². The molecule has 16 heavy (non-hydrogen) atoms. The van der Waals surface area contributed by atoms with Crippen molar-refractivity contribution >= 4 is 0 Å². The second kappa shape index (κ2) is 7.29. The molecule has 1 aliphatic heterocycles. The van der Waals surface area contributed by atoms with E-state index in [1.54, 1.807) is 0 Å². The van der Waals surface area contributed by atoms with E-state index >= 15 is 0 Å². The van der Waals surface area contributed by atoms with Crippen LogP contribution in [0.5, 0.6) is 0 Å². The Bertz CT molecular complexity index is 166. The van der Waals surface area contributed by atoms with E-state index in [4.69, 9.17) is 0 Å². The van der Waals surface area contributed by atoms with Gasteiger partial charge >= 0.3 is 0 Å². The van der Waals surface area contributed by atoms with Crippen LogP contribution in [0.15, 0.2) is 0 Å². The fourth-order valence-corrected chi connectivity index (χ4v) is 2.58. The van der Waals surface area contributed by atoms with E-state index in [0.29, 0.717) is 5.41 Å². The van der Waals surface area contributed by atoms with Gasteiger partial charge in [0.25, 0.3) is 0 Å². The molecule has 0 aliphatic carbocycles. The van der Waals surface area contributed by atoms with Gasteiger partial charge in [-0.25, -0.2) is 0 Å². The third kappa shape index (κ3) is 4.84. The van der Waals surface area contributed by atoms with Crippen molar-refractivity contribution in [2.24, 2.45) is 5.41 Å². The van der Waals surface area contributed by atoms with Crippen LogP contribution in [0.2, 0.25) is 0 Å². The fraction of sp³-hybridized carbons (Fsp3) is 1.00. The summed E-state index contributed by atoms with van der Waals surface area (Å²) in [6, 6.07) is 0. The average molecular weight is 226 g/mol. The summed E-state index contributed by atoms with van der Waals surface area (Å²) >= 11 is 0. The monoisotopic (exact) mass is 226 g/mol. The number of unbranched alkanes of at least 4 members (excludes halogenated alkanes) is 2. The van der Waals surface area contributed by atoms with Gasteiger partial charge in [0, 0.05) is 13.1 Å². The van der Waals surface area contributed by atoms with Gasteiger partial charge in [0.15, 0.2) is 0 Å². The number of nitrogens with one attached hydrogen (secondary N) is 1. The van der Waals surface area contributed by atoms with Crippen molar-refractivity contribution < 1.29 is 0 Å². The van der Waals surface area contributed by atoms with E-state index in [2.05, 4.69) is 31.0 Å². The van der Waals surface area contributed by atoms with E-state index in [9.17, 15) is 0 Å². The lowest BCUT2D eigenvalue weighted by atomic mass is 9.89. The molecule has 0 aromatic heterocycles. The first-order chi connectivity index (χ1) is 7.70. The minimum atomic E-state index is 0.529. The molecule has 0 aromatic rings. The Morgan fingerprint density at radius 2 is 1.75 bits per heavy atom. The zero-order chi connectivity index (χ0) is 11.9. The first-order valence-electron chi connectivity index (χ1n) is 7.13. The summed E-state index contributed by atoms with van der Waals surface area (Å²) in [6.45, 7) is 13.3. The van der Waals surface area contributed by atoms with Crippen molar-refractivity contribution in [2.45, 2.75) is 52.9 Å². The molecule has 0 bridgehead atoms. The molecule has 0 radical (unpaired) electrons. The van der Waals surface area contributed by atoms with Crippen molar-refractivity contribution in [3.8, 4) is 0 Å². The largest absolute Gasteiger partial charge is 0.316 e. The normalized spacial score (nSPS) is 25.5. The SMILES string of the molecule is CCCCN(CCCC)CC1(C)CCNC1. The van der Waals surface area contributed by atoms with Gasteiger partial charge < -0.3 is 10.2 Å². The first kappa shape index (κ1) is 14.0. The van der Waals surface area contributed by atoms with Crippen LogP contribution in [-0.4, -0.2) is 37.6 Å². The maximum atomic E-state index is 3.50. The van der Waals surface area contributed by atoms with Crippen LogP contribution < -0.4 is 5.32 Å². The molecule has 1 aliphatic rings.